The van der Waals surface area contributed by atoms with Crippen LogP contribution in [0.25, 0.3) is 0 Å². The number of hydrogen-bond donors (Lipinski definition) is 1. The van der Waals surface area contributed by atoms with Crippen molar-refractivity contribution < 1.29 is 14.3 Å². The minimum Gasteiger partial charge on any atom is -0.495 e. The maximum absolute atomic E-state index is 12.8. The highest BCUT2D eigenvalue weighted by atomic mass is 16.5. The molecule has 154 valence electrons. The molecule has 0 bridgehead atoms. The summed E-state index contributed by atoms with van der Waals surface area (Å²) in [5.41, 5.74) is 2.23. The van der Waals surface area contributed by atoms with Crippen LogP contribution >= 0.6 is 0 Å². The summed E-state index contributed by atoms with van der Waals surface area (Å²) in [7, 11) is 1.67. The Labute approximate surface area is 172 Å². The lowest BCUT2D eigenvalue weighted by Crippen LogP contribution is -2.48. The molecule has 2 aromatic rings. The van der Waals surface area contributed by atoms with Crippen molar-refractivity contribution in [2.75, 3.05) is 44.7 Å². The fraction of sp³-hybridized carbons (Fsp3) is 0.391. The Bertz CT molecular complexity index is 841. The van der Waals surface area contributed by atoms with E-state index in [1.54, 1.807) is 31.4 Å². The van der Waals surface area contributed by atoms with Crippen LogP contribution in [0.15, 0.2) is 48.5 Å². The summed E-state index contributed by atoms with van der Waals surface area (Å²) in [6.45, 7) is 7.53. The van der Waals surface area contributed by atoms with E-state index in [0.717, 1.165) is 24.5 Å². The number of benzene rings is 2. The van der Waals surface area contributed by atoms with Crippen molar-refractivity contribution >= 4 is 17.5 Å². The van der Waals surface area contributed by atoms with Gasteiger partial charge in [-0.15, -0.1) is 0 Å². The molecule has 0 aromatic heterocycles. The molecule has 1 aliphatic heterocycles. The van der Waals surface area contributed by atoms with Crippen LogP contribution in [0, 0.1) is 5.92 Å². The van der Waals surface area contributed by atoms with Crippen molar-refractivity contribution in [3.8, 4) is 5.75 Å². The largest absolute Gasteiger partial charge is 0.495 e. The van der Waals surface area contributed by atoms with Crippen LogP contribution < -0.4 is 15.0 Å². The van der Waals surface area contributed by atoms with Crippen molar-refractivity contribution in [2.45, 2.75) is 13.8 Å². The van der Waals surface area contributed by atoms with Crippen LogP contribution in [0.1, 0.15) is 34.6 Å². The Morgan fingerprint density at radius 3 is 2.21 bits per heavy atom. The number of nitrogens with one attached hydrogen (secondary N) is 1. The second-order valence-electron chi connectivity index (χ2n) is 7.63. The molecule has 2 amide bonds. The van der Waals surface area contributed by atoms with Gasteiger partial charge in [0.15, 0.2) is 0 Å². The molecule has 1 N–H and O–H groups in total. The zero-order valence-electron chi connectivity index (χ0n) is 17.4. The number of amides is 2. The van der Waals surface area contributed by atoms with Crippen molar-refractivity contribution in [2.24, 2.45) is 5.92 Å². The first-order chi connectivity index (χ1) is 14.0. The van der Waals surface area contributed by atoms with E-state index in [0.29, 0.717) is 36.7 Å². The van der Waals surface area contributed by atoms with Gasteiger partial charge in [-0.25, -0.2) is 0 Å². The predicted octanol–water partition coefficient (Wildman–Crippen LogP) is 3.04. The Hall–Kier alpha value is -3.02. The monoisotopic (exact) mass is 395 g/mol. The molecule has 0 saturated carbocycles. The smallest absolute Gasteiger partial charge is 0.253 e. The molecule has 0 atom stereocenters. The van der Waals surface area contributed by atoms with Gasteiger partial charge in [0.1, 0.15) is 5.75 Å². The number of carbonyl (C=O) groups is 2. The first kappa shape index (κ1) is 20.7. The van der Waals surface area contributed by atoms with E-state index >= 15 is 0 Å². The first-order valence-corrected chi connectivity index (χ1v) is 10.0. The standard InChI is InChI=1S/C23H29N3O3/c1-17(2)16-24-22(27)18-8-10-19(11-9-18)23(28)26-14-12-25(13-15-26)20-6-4-5-7-21(20)29-3/h4-11,17H,12-16H2,1-3H3,(H,24,27). The van der Waals surface area contributed by atoms with E-state index in [1.165, 1.54) is 0 Å². The zero-order chi connectivity index (χ0) is 20.8. The first-order valence-electron chi connectivity index (χ1n) is 10.0. The number of hydrogen-bond acceptors (Lipinski definition) is 4. The van der Waals surface area contributed by atoms with Crippen LogP contribution in [-0.4, -0.2) is 56.5 Å². The third kappa shape index (κ3) is 5.08. The molecular weight excluding hydrogens is 366 g/mol. The van der Waals surface area contributed by atoms with Crippen molar-refractivity contribution in [3.05, 3.63) is 59.7 Å². The summed E-state index contributed by atoms with van der Waals surface area (Å²) in [4.78, 5) is 29.1. The molecule has 0 aliphatic carbocycles. The van der Waals surface area contributed by atoms with E-state index in [1.807, 2.05) is 29.2 Å². The van der Waals surface area contributed by atoms with Crippen LogP contribution in [0.3, 0.4) is 0 Å². The predicted molar refractivity (Wildman–Crippen MR) is 115 cm³/mol. The molecule has 0 spiro atoms. The number of anilines is 1. The van der Waals surface area contributed by atoms with Crippen LogP contribution in [0.5, 0.6) is 5.75 Å². The summed E-state index contributed by atoms with van der Waals surface area (Å²) < 4.78 is 5.45. The molecule has 0 radical (unpaired) electrons. The van der Waals surface area contributed by atoms with E-state index < -0.39 is 0 Å². The lowest BCUT2D eigenvalue weighted by atomic mass is 10.1. The number of methoxy groups -OCH3 is 1. The fourth-order valence-corrected chi connectivity index (χ4v) is 3.39. The quantitative estimate of drug-likeness (QED) is 0.817. The average Bonchev–Trinajstić information content (AvgIpc) is 2.77. The number of nitrogens with zero attached hydrogens (tertiary/aromatic N) is 2. The van der Waals surface area contributed by atoms with Gasteiger partial charge in [-0.05, 0) is 42.3 Å². The Kier molecular flexibility index (Phi) is 6.75. The highest BCUT2D eigenvalue weighted by Crippen LogP contribution is 2.28. The SMILES string of the molecule is COc1ccccc1N1CCN(C(=O)c2ccc(C(=O)NCC(C)C)cc2)CC1. The highest BCUT2D eigenvalue weighted by molar-refractivity contribution is 5.97. The maximum Gasteiger partial charge on any atom is 0.253 e. The molecule has 3 rings (SSSR count). The molecule has 1 fully saturated rings. The second kappa shape index (κ2) is 9.45. The van der Waals surface area contributed by atoms with Gasteiger partial charge in [0, 0.05) is 43.9 Å². The van der Waals surface area contributed by atoms with Gasteiger partial charge in [-0.3, -0.25) is 9.59 Å². The second-order valence-corrected chi connectivity index (χ2v) is 7.63. The van der Waals surface area contributed by atoms with Crippen LogP contribution in [-0.2, 0) is 0 Å². The molecule has 1 saturated heterocycles. The van der Waals surface area contributed by atoms with Crippen molar-refractivity contribution in [3.63, 3.8) is 0 Å². The van der Waals surface area contributed by atoms with E-state index in [2.05, 4.69) is 24.1 Å². The molecule has 6 heteroatoms. The van der Waals surface area contributed by atoms with E-state index in [9.17, 15) is 9.59 Å². The summed E-state index contributed by atoms with van der Waals surface area (Å²) in [6.07, 6.45) is 0. The lowest BCUT2D eigenvalue weighted by molar-refractivity contribution is 0.0746. The third-order valence-corrected chi connectivity index (χ3v) is 5.06. The Morgan fingerprint density at radius 2 is 1.59 bits per heavy atom. The Morgan fingerprint density at radius 1 is 0.966 bits per heavy atom. The topological polar surface area (TPSA) is 61.9 Å². The molecule has 1 heterocycles. The number of carbonyl (C=O) groups excluding carboxylic acids is 2. The number of rotatable bonds is 6. The molecule has 2 aromatic carbocycles. The van der Waals surface area contributed by atoms with Gasteiger partial charge in [0.25, 0.3) is 11.8 Å². The molecule has 6 nitrogen and oxygen atoms in total. The Balaban J connectivity index is 1.58. The highest BCUT2D eigenvalue weighted by Gasteiger charge is 2.23. The van der Waals surface area contributed by atoms with Gasteiger partial charge in [0.2, 0.25) is 0 Å². The normalized spacial score (nSPS) is 14.1. The average molecular weight is 396 g/mol. The van der Waals surface area contributed by atoms with Gasteiger partial charge in [0.05, 0.1) is 12.8 Å². The zero-order valence-corrected chi connectivity index (χ0v) is 17.4. The maximum atomic E-state index is 12.8. The van der Waals surface area contributed by atoms with Crippen LogP contribution in [0.2, 0.25) is 0 Å². The van der Waals surface area contributed by atoms with Gasteiger partial charge < -0.3 is 19.9 Å². The summed E-state index contributed by atoms with van der Waals surface area (Å²) >= 11 is 0. The summed E-state index contributed by atoms with van der Waals surface area (Å²) in [6, 6.07) is 14.8. The van der Waals surface area contributed by atoms with Gasteiger partial charge >= 0.3 is 0 Å². The van der Waals surface area contributed by atoms with E-state index in [4.69, 9.17) is 4.74 Å². The molecule has 1 aliphatic rings. The van der Waals surface area contributed by atoms with Crippen molar-refractivity contribution in [1.82, 2.24) is 10.2 Å². The number of para-hydroxylation sites is 2. The molecular formula is C23H29N3O3. The summed E-state index contributed by atoms with van der Waals surface area (Å²) in [5.74, 6) is 1.13. The van der Waals surface area contributed by atoms with Gasteiger partial charge in [-0.2, -0.15) is 0 Å². The molecule has 29 heavy (non-hydrogen) atoms. The fourth-order valence-electron chi connectivity index (χ4n) is 3.39. The summed E-state index contributed by atoms with van der Waals surface area (Å²) in [5, 5.41) is 2.89. The minimum absolute atomic E-state index is 0.00110. The van der Waals surface area contributed by atoms with E-state index in [-0.39, 0.29) is 11.8 Å². The van der Waals surface area contributed by atoms with Crippen molar-refractivity contribution in [1.29, 1.82) is 0 Å². The lowest BCUT2D eigenvalue weighted by Gasteiger charge is -2.36. The molecule has 0 unspecified atom stereocenters. The van der Waals surface area contributed by atoms with Gasteiger partial charge in [-0.1, -0.05) is 26.0 Å². The number of piperazine rings is 1. The number of ether oxygens (including phenoxy) is 1. The third-order valence-electron chi connectivity index (χ3n) is 5.06. The van der Waals surface area contributed by atoms with Crippen LogP contribution in [0.4, 0.5) is 5.69 Å². The minimum atomic E-state index is -0.108.